The Morgan fingerprint density at radius 2 is 1.38 bits per heavy atom. The largest absolute Gasteiger partial charge is 0.460 e. The van der Waals surface area contributed by atoms with Gasteiger partial charge in [0.1, 0.15) is 17.2 Å². The summed E-state index contributed by atoms with van der Waals surface area (Å²) in [6.45, 7) is 6.99. The lowest BCUT2D eigenvalue weighted by Crippen LogP contribution is -2.31. The van der Waals surface area contributed by atoms with E-state index in [0.717, 1.165) is 52.1 Å². The lowest BCUT2D eigenvalue weighted by Gasteiger charge is -2.41. The van der Waals surface area contributed by atoms with Crippen LogP contribution in [0.4, 0.5) is 15.8 Å². The van der Waals surface area contributed by atoms with Crippen LogP contribution in [0.1, 0.15) is 90.9 Å². The van der Waals surface area contributed by atoms with Crippen LogP contribution in [0.3, 0.4) is 0 Å². The SMILES string of the molecule is CC(C)c1c2c3c(cccc3c3cc(C(c4ccccc4-c4ccccc4)C4CC=Cc5c4oc4ccccc54)ccc13)Sc1cc(N(C3=C(F)C=C(C4C=CC=CC4)C(C)C3c3ccccc3)c3ccccc3)ccc1-2. The fourth-order valence-electron chi connectivity index (χ4n) is 13.6. The highest BCUT2D eigenvalue weighted by molar-refractivity contribution is 7.99. The third-order valence-corrected chi connectivity index (χ3v) is 18.1. The zero-order chi connectivity index (χ0) is 51.7. The minimum Gasteiger partial charge on any atom is -0.460 e. The summed E-state index contributed by atoms with van der Waals surface area (Å²) in [6, 6.07) is 70.5. The minimum atomic E-state index is -0.223. The van der Waals surface area contributed by atoms with E-state index in [0.29, 0.717) is 5.70 Å². The molecule has 10 aromatic rings. The Balaban J connectivity index is 0.946. The van der Waals surface area contributed by atoms with Crippen molar-refractivity contribution in [2.45, 2.75) is 67.1 Å². The van der Waals surface area contributed by atoms with E-state index < -0.39 is 0 Å². The molecule has 0 amide bonds. The van der Waals surface area contributed by atoms with Crippen molar-refractivity contribution in [3.8, 4) is 22.3 Å². The number of anilines is 2. The first kappa shape index (κ1) is 47.3. The summed E-state index contributed by atoms with van der Waals surface area (Å²) in [4.78, 5) is 4.61. The van der Waals surface area contributed by atoms with Gasteiger partial charge in [-0.25, -0.2) is 4.39 Å². The van der Waals surface area contributed by atoms with Crippen molar-refractivity contribution in [3.05, 3.63) is 281 Å². The summed E-state index contributed by atoms with van der Waals surface area (Å²) in [5, 5.41) is 6.27. The van der Waals surface area contributed by atoms with E-state index in [2.05, 4.69) is 250 Å². The molecule has 0 fully saturated rings. The highest BCUT2D eigenvalue weighted by Crippen LogP contribution is 2.57. The average Bonchev–Trinajstić information content (AvgIpc) is 3.87. The van der Waals surface area contributed by atoms with Gasteiger partial charge in [-0.3, -0.25) is 0 Å². The van der Waals surface area contributed by atoms with Crippen molar-refractivity contribution < 1.29 is 8.81 Å². The Labute approximate surface area is 455 Å². The lowest BCUT2D eigenvalue weighted by molar-refractivity contribution is 0.459. The molecule has 5 atom stereocenters. The van der Waals surface area contributed by atoms with Gasteiger partial charge in [-0.15, -0.1) is 0 Å². The summed E-state index contributed by atoms with van der Waals surface area (Å²) < 4.78 is 24.7. The summed E-state index contributed by atoms with van der Waals surface area (Å²) >= 11 is 1.84. The molecule has 0 spiro atoms. The van der Waals surface area contributed by atoms with Gasteiger partial charge in [0.2, 0.25) is 0 Å². The van der Waals surface area contributed by atoms with E-state index in [1.165, 1.54) is 75.8 Å². The topological polar surface area (TPSA) is 16.4 Å². The molecular formula is C73H58FNOS. The highest BCUT2D eigenvalue weighted by Gasteiger charge is 2.40. The molecule has 1 aromatic heterocycles. The van der Waals surface area contributed by atoms with Crippen LogP contribution >= 0.6 is 11.8 Å². The highest BCUT2D eigenvalue weighted by atomic mass is 32.2. The first-order chi connectivity index (χ1) is 37.9. The molecular weight excluding hydrogens is 958 g/mol. The van der Waals surface area contributed by atoms with Crippen LogP contribution in [0.2, 0.25) is 0 Å². The van der Waals surface area contributed by atoms with Gasteiger partial charge in [0.25, 0.3) is 0 Å². The van der Waals surface area contributed by atoms with E-state index in [1.807, 2.05) is 23.9 Å². The van der Waals surface area contributed by atoms with Crippen molar-refractivity contribution in [1.82, 2.24) is 0 Å². The number of hydrogen-bond acceptors (Lipinski definition) is 3. The standard InChI is InChI=1S/C73H58FNOS/c1-45(2)67-57-40-38-50(69(55-32-17-16-30-53(55)47-22-8-4-9-23-47)60-35-20-34-58-54-31-18-19-36-64(54)76-73(58)60)42-62(57)56-33-21-37-65-70(56)71(67)59-41-39-52(43-66(59)77-65)75(51-28-14-7-15-29-51)72-63(74)44-61(48-24-10-5-11-25-48)46(3)68(72)49-26-12-6-13-27-49/h4-24,26-34,36-46,48,60,68-69H,25,35H2,1-3H3. The zero-order valence-electron chi connectivity index (χ0n) is 43.5. The Hall–Kier alpha value is -8.18. The van der Waals surface area contributed by atoms with Crippen molar-refractivity contribution in [2.75, 3.05) is 4.90 Å². The van der Waals surface area contributed by atoms with Crippen LogP contribution in [0.25, 0.3) is 60.8 Å². The summed E-state index contributed by atoms with van der Waals surface area (Å²) in [6.07, 6.45) is 16.9. The van der Waals surface area contributed by atoms with Crippen molar-refractivity contribution in [3.63, 3.8) is 0 Å². The van der Waals surface area contributed by atoms with Crippen LogP contribution in [-0.2, 0) is 0 Å². The molecule has 3 aliphatic carbocycles. The maximum absolute atomic E-state index is 17.8. The lowest BCUT2D eigenvalue weighted by atomic mass is 9.71. The van der Waals surface area contributed by atoms with Gasteiger partial charge in [0.15, 0.2) is 0 Å². The molecule has 4 heteroatoms. The summed E-state index contributed by atoms with van der Waals surface area (Å²) in [7, 11) is 0. The summed E-state index contributed by atoms with van der Waals surface area (Å²) in [5.41, 5.74) is 15.8. The minimum absolute atomic E-state index is 0.00797. The maximum atomic E-state index is 17.8. The van der Waals surface area contributed by atoms with Crippen LogP contribution in [0.5, 0.6) is 0 Å². The van der Waals surface area contributed by atoms with Crippen LogP contribution < -0.4 is 4.90 Å². The van der Waals surface area contributed by atoms with Gasteiger partial charge in [-0.2, -0.15) is 0 Å². The maximum Gasteiger partial charge on any atom is 0.143 e. The predicted octanol–water partition coefficient (Wildman–Crippen LogP) is 20.8. The Morgan fingerprint density at radius 1 is 0.623 bits per heavy atom. The smallest absolute Gasteiger partial charge is 0.143 e. The fraction of sp³-hybridized carbons (Fsp3) is 0.151. The Kier molecular flexibility index (Phi) is 11.9. The first-order valence-electron chi connectivity index (χ1n) is 27.4. The van der Waals surface area contributed by atoms with Crippen molar-refractivity contribution in [1.29, 1.82) is 0 Å². The number of rotatable bonds is 10. The third kappa shape index (κ3) is 7.99. The van der Waals surface area contributed by atoms with E-state index in [4.69, 9.17) is 4.42 Å². The molecule has 2 heterocycles. The van der Waals surface area contributed by atoms with Gasteiger partial charge in [0.05, 0.1) is 5.70 Å². The molecule has 0 saturated heterocycles. The molecule has 1 aliphatic heterocycles. The van der Waals surface area contributed by atoms with Crippen molar-refractivity contribution in [2.24, 2.45) is 11.8 Å². The molecule has 0 saturated carbocycles. The van der Waals surface area contributed by atoms with E-state index >= 15 is 4.39 Å². The summed E-state index contributed by atoms with van der Waals surface area (Å²) in [5.74, 6) is 1.12. The quantitative estimate of drug-likeness (QED) is 0.127. The monoisotopic (exact) mass is 1020 g/mol. The second-order valence-corrected chi connectivity index (χ2v) is 22.7. The molecule has 77 heavy (non-hydrogen) atoms. The molecule has 4 aliphatic rings. The zero-order valence-corrected chi connectivity index (χ0v) is 44.4. The predicted molar refractivity (Wildman–Crippen MR) is 321 cm³/mol. The molecule has 0 bridgehead atoms. The van der Waals surface area contributed by atoms with Crippen LogP contribution in [0, 0.1) is 11.8 Å². The number of furan rings is 1. The molecule has 9 aromatic carbocycles. The Morgan fingerprint density at radius 3 is 2.18 bits per heavy atom. The second kappa shape index (κ2) is 19.4. The van der Waals surface area contributed by atoms with Gasteiger partial charge >= 0.3 is 0 Å². The van der Waals surface area contributed by atoms with Gasteiger partial charge < -0.3 is 9.32 Å². The van der Waals surface area contributed by atoms with E-state index in [-0.39, 0.29) is 41.3 Å². The normalized spacial score (nSPS) is 18.9. The molecule has 5 unspecified atom stereocenters. The van der Waals surface area contributed by atoms with Crippen LogP contribution in [0.15, 0.2) is 262 Å². The van der Waals surface area contributed by atoms with E-state index in [9.17, 15) is 0 Å². The Bertz CT molecular complexity index is 4100. The number of benzene rings is 9. The van der Waals surface area contributed by atoms with Crippen molar-refractivity contribution >= 4 is 61.7 Å². The molecule has 0 N–H and O–H groups in total. The molecule has 14 rings (SSSR count). The average molecular weight is 1020 g/mol. The van der Waals surface area contributed by atoms with Gasteiger partial charge in [0, 0.05) is 61.2 Å². The third-order valence-electron chi connectivity index (χ3n) is 17.0. The van der Waals surface area contributed by atoms with Crippen LogP contribution in [-0.4, -0.2) is 0 Å². The first-order valence-corrected chi connectivity index (χ1v) is 28.2. The number of para-hydroxylation sites is 2. The second-order valence-electron chi connectivity index (χ2n) is 21.6. The van der Waals surface area contributed by atoms with Gasteiger partial charge in [-0.1, -0.05) is 226 Å². The van der Waals surface area contributed by atoms with Gasteiger partial charge in [-0.05, 0) is 134 Å². The number of halogens is 1. The molecule has 0 radical (unpaired) electrons. The number of fused-ring (bicyclic) bond motifs is 7. The molecule has 374 valence electrons. The molecule has 2 nitrogen and oxygen atoms in total. The fourth-order valence-corrected chi connectivity index (χ4v) is 14.8. The number of allylic oxidation sites excluding steroid dienone is 9. The number of nitrogens with zero attached hydrogens (tertiary/aromatic N) is 1. The van der Waals surface area contributed by atoms with E-state index in [1.54, 1.807) is 0 Å². The number of hydrogen-bond donors (Lipinski definition) is 0.